The van der Waals surface area contributed by atoms with Gasteiger partial charge in [0.05, 0.1) is 13.7 Å². The van der Waals surface area contributed by atoms with Crippen LogP contribution in [0.5, 0.6) is 11.5 Å². The number of allylic oxidation sites excluding steroid dienone is 2. The van der Waals surface area contributed by atoms with E-state index in [4.69, 9.17) is 9.47 Å². The van der Waals surface area contributed by atoms with Gasteiger partial charge >= 0.3 is 5.97 Å². The number of ether oxygens (including phenoxy) is 2. The number of nitrogens with zero attached hydrogens (tertiary/aromatic N) is 3. The van der Waals surface area contributed by atoms with Crippen molar-refractivity contribution in [2.75, 3.05) is 60.0 Å². The summed E-state index contributed by atoms with van der Waals surface area (Å²) in [4.78, 5) is 31.8. The molecule has 2 aliphatic heterocycles. The highest BCUT2D eigenvalue weighted by Gasteiger charge is 2.61. The highest BCUT2D eigenvalue weighted by atomic mass is 19.3. The smallest absolute Gasteiger partial charge is 0.326 e. The summed E-state index contributed by atoms with van der Waals surface area (Å²) in [5, 5.41) is 12.0. The molecule has 1 amide bonds. The number of aliphatic carboxylic acids is 1. The van der Waals surface area contributed by atoms with Crippen LogP contribution in [-0.4, -0.2) is 110 Å². The van der Waals surface area contributed by atoms with E-state index in [0.29, 0.717) is 23.7 Å². The highest BCUT2D eigenvalue weighted by Crippen LogP contribution is 2.50. The van der Waals surface area contributed by atoms with Crippen molar-refractivity contribution in [3.8, 4) is 22.6 Å². The number of carboxylic acid groups (broad SMARTS) is 1. The number of hydrogen-bond donors (Lipinski definition) is 1. The number of carboxylic acids is 1. The molecule has 0 bridgehead atoms. The van der Waals surface area contributed by atoms with Gasteiger partial charge in [-0.05, 0) is 111 Å². The molecular weight excluding hydrogens is 714 g/mol. The predicted octanol–water partition coefficient (Wildman–Crippen LogP) is 8.34. The average molecular weight is 768 g/mol. The molecule has 3 aromatic rings. The first-order valence-corrected chi connectivity index (χ1v) is 19.0. The number of alkyl halides is 4. The molecule has 2 saturated heterocycles. The largest absolute Gasteiger partial charge is 0.496 e. The normalized spacial score (nSPS) is 17.6. The second-order valence-corrected chi connectivity index (χ2v) is 14.9. The van der Waals surface area contributed by atoms with E-state index in [9.17, 15) is 23.5 Å². The number of halogens is 4. The van der Waals surface area contributed by atoms with Crippen molar-refractivity contribution in [2.45, 2.75) is 70.3 Å². The lowest BCUT2D eigenvalue weighted by Crippen LogP contribution is -2.61. The summed E-state index contributed by atoms with van der Waals surface area (Å²) in [6.07, 6.45) is 4.60. The fourth-order valence-corrected chi connectivity index (χ4v) is 8.08. The Hall–Kier alpha value is -4.42. The molecule has 12 heteroatoms. The number of methoxy groups -OCH3 is 1. The molecule has 0 aliphatic carbocycles. The van der Waals surface area contributed by atoms with Crippen molar-refractivity contribution in [2.24, 2.45) is 5.41 Å². The van der Waals surface area contributed by atoms with Gasteiger partial charge in [-0.1, -0.05) is 55.5 Å². The van der Waals surface area contributed by atoms with Crippen molar-refractivity contribution >= 4 is 22.6 Å². The molecule has 0 unspecified atom stereocenters. The summed E-state index contributed by atoms with van der Waals surface area (Å²) in [7, 11) is 2.81. The first-order chi connectivity index (χ1) is 26.1. The maximum atomic E-state index is 16.1. The van der Waals surface area contributed by atoms with Crippen molar-refractivity contribution in [1.29, 1.82) is 0 Å². The molecule has 1 N–H and O–H groups in total. The third kappa shape index (κ3) is 9.18. The number of carbonyl (C=O) groups excluding carboxylic acids is 1. The zero-order valence-electron chi connectivity index (χ0n) is 32.3. The Morgan fingerprint density at radius 1 is 0.964 bits per heavy atom. The van der Waals surface area contributed by atoms with Crippen LogP contribution in [0.3, 0.4) is 0 Å². The fraction of sp³-hybridized carbons (Fsp3) is 0.488. The van der Waals surface area contributed by atoms with Crippen molar-refractivity contribution in [1.82, 2.24) is 14.7 Å². The molecule has 55 heavy (non-hydrogen) atoms. The van der Waals surface area contributed by atoms with E-state index in [-0.39, 0.29) is 19.5 Å². The standard InChI is InChI=1S/C43H53F4N3O5/c1-6-18-42(44,45)29-50-23-19-41(20-24-50,43(46,47)30(2)3)40(53)48(4)37(39(51)52)27-31-12-10-14-34-33(31)13-11-15-35(34)36-17-16-32(28-38(36)54-5)55-26-25-49-21-8-7-9-22-49/h6,10-18,28,37H,2,7-9,19-27,29H2,1,3-5H3,(H,51,52)/b18-6+/t37-/m0/s1. The van der Waals surface area contributed by atoms with E-state index in [0.717, 1.165) is 59.4 Å². The Morgan fingerprint density at radius 3 is 2.27 bits per heavy atom. The van der Waals surface area contributed by atoms with Gasteiger partial charge in [-0.15, -0.1) is 0 Å². The number of fused-ring (bicyclic) bond motifs is 1. The van der Waals surface area contributed by atoms with E-state index in [1.165, 1.54) is 44.2 Å². The monoisotopic (exact) mass is 767 g/mol. The van der Waals surface area contributed by atoms with Crippen LogP contribution in [0.2, 0.25) is 0 Å². The number of likely N-dealkylation sites (tertiary alicyclic amines) is 2. The molecule has 0 saturated carbocycles. The van der Waals surface area contributed by atoms with Gasteiger partial charge in [-0.2, -0.15) is 0 Å². The fourth-order valence-electron chi connectivity index (χ4n) is 8.08. The minimum Gasteiger partial charge on any atom is -0.496 e. The van der Waals surface area contributed by atoms with Crippen molar-refractivity contribution in [3.63, 3.8) is 0 Å². The molecule has 0 radical (unpaired) electrons. The number of amides is 1. The molecule has 3 aromatic carbocycles. The van der Waals surface area contributed by atoms with Crippen LogP contribution in [0.4, 0.5) is 17.6 Å². The second kappa shape index (κ2) is 17.6. The average Bonchev–Trinajstić information content (AvgIpc) is 3.16. The number of hydrogen-bond acceptors (Lipinski definition) is 6. The first kappa shape index (κ1) is 41.7. The zero-order chi connectivity index (χ0) is 40.0. The van der Waals surface area contributed by atoms with E-state index in [1.54, 1.807) is 19.2 Å². The Bertz CT molecular complexity index is 1870. The quantitative estimate of drug-likeness (QED) is 0.116. The molecular formula is C43H53F4N3O5. The lowest BCUT2D eigenvalue weighted by Gasteiger charge is -2.47. The van der Waals surface area contributed by atoms with Gasteiger partial charge in [0.25, 0.3) is 11.8 Å². The van der Waals surface area contributed by atoms with Gasteiger partial charge in [0, 0.05) is 31.6 Å². The number of piperidine rings is 2. The van der Waals surface area contributed by atoms with Crippen LogP contribution in [0.1, 0.15) is 51.5 Å². The van der Waals surface area contributed by atoms with Crippen LogP contribution < -0.4 is 9.47 Å². The minimum absolute atomic E-state index is 0.171. The molecule has 0 aromatic heterocycles. The summed E-state index contributed by atoms with van der Waals surface area (Å²) in [5.74, 6) is -8.03. The van der Waals surface area contributed by atoms with Crippen molar-refractivity contribution < 1.29 is 41.7 Å². The summed E-state index contributed by atoms with van der Waals surface area (Å²) in [6, 6.07) is 15.3. The van der Waals surface area contributed by atoms with E-state index in [2.05, 4.69) is 11.5 Å². The number of carbonyl (C=O) groups is 2. The van der Waals surface area contributed by atoms with Crippen LogP contribution >= 0.6 is 0 Å². The van der Waals surface area contributed by atoms with Gasteiger partial charge < -0.3 is 19.5 Å². The lowest BCUT2D eigenvalue weighted by atomic mass is 9.69. The van der Waals surface area contributed by atoms with Gasteiger partial charge in [-0.25, -0.2) is 22.4 Å². The van der Waals surface area contributed by atoms with Crippen LogP contribution in [-0.2, 0) is 16.0 Å². The maximum Gasteiger partial charge on any atom is 0.326 e. The third-order valence-electron chi connectivity index (χ3n) is 11.2. The van der Waals surface area contributed by atoms with Gasteiger partial charge in [0.15, 0.2) is 0 Å². The van der Waals surface area contributed by atoms with Crippen LogP contribution in [0.15, 0.2) is 78.9 Å². The van der Waals surface area contributed by atoms with E-state index in [1.807, 2.05) is 42.5 Å². The molecule has 2 aliphatic rings. The highest BCUT2D eigenvalue weighted by molar-refractivity contribution is 6.00. The number of benzene rings is 3. The number of rotatable bonds is 16. The molecule has 5 rings (SSSR count). The molecule has 2 fully saturated rings. The second-order valence-electron chi connectivity index (χ2n) is 14.9. The molecule has 0 spiro atoms. The Balaban J connectivity index is 1.40. The van der Waals surface area contributed by atoms with Gasteiger partial charge in [0.2, 0.25) is 5.91 Å². The van der Waals surface area contributed by atoms with E-state index >= 15 is 8.78 Å². The topological polar surface area (TPSA) is 82.5 Å². The minimum atomic E-state index is -3.72. The molecule has 1 atom stereocenters. The predicted molar refractivity (Wildman–Crippen MR) is 207 cm³/mol. The first-order valence-electron chi connectivity index (χ1n) is 19.0. The third-order valence-corrected chi connectivity index (χ3v) is 11.2. The molecule has 8 nitrogen and oxygen atoms in total. The Kier molecular flexibility index (Phi) is 13.3. The molecule has 298 valence electrons. The SMILES string of the molecule is C=C(C)C(F)(F)C1(C(=O)N(C)[C@@H](Cc2cccc3c(-c4ccc(OCCN5CCCCC5)cc4OC)cccc23)C(=O)O)CCN(CC(F)(F)/C=C/C)CC1. The zero-order valence-corrected chi connectivity index (χ0v) is 32.3. The van der Waals surface area contributed by atoms with Crippen LogP contribution in [0, 0.1) is 5.41 Å². The van der Waals surface area contributed by atoms with Crippen molar-refractivity contribution in [3.05, 3.63) is 84.5 Å². The molecule has 2 heterocycles. The number of likely N-dealkylation sites (N-methyl/N-ethyl adjacent to an activating group) is 1. The summed E-state index contributed by atoms with van der Waals surface area (Å²) < 4.78 is 72.9. The summed E-state index contributed by atoms with van der Waals surface area (Å²) in [6.45, 7) is 8.55. The van der Waals surface area contributed by atoms with E-state index < -0.39 is 60.1 Å². The van der Waals surface area contributed by atoms with Gasteiger partial charge in [0.1, 0.15) is 29.6 Å². The summed E-state index contributed by atoms with van der Waals surface area (Å²) in [5.41, 5.74) is -0.680. The lowest BCUT2D eigenvalue weighted by molar-refractivity contribution is -0.177. The van der Waals surface area contributed by atoms with Crippen LogP contribution in [0.25, 0.3) is 21.9 Å². The Labute approximate surface area is 321 Å². The van der Waals surface area contributed by atoms with Gasteiger partial charge in [-0.3, -0.25) is 14.6 Å². The Morgan fingerprint density at radius 2 is 1.64 bits per heavy atom. The summed E-state index contributed by atoms with van der Waals surface area (Å²) >= 11 is 0. The maximum absolute atomic E-state index is 16.1.